The molecule has 142 valence electrons. The van der Waals surface area contributed by atoms with Gasteiger partial charge in [0.1, 0.15) is 6.04 Å². The third-order valence-corrected chi connectivity index (χ3v) is 5.37. The third-order valence-electron chi connectivity index (χ3n) is 4.86. The maximum Gasteiger partial charge on any atom is 0.227 e. The highest BCUT2D eigenvalue weighted by atomic mass is 35.5. The SMILES string of the molecule is Clc1ccc(C2=C[C@@H](c3ccccc3)n3nc(-c4ccc(Cl)cc4)nc3N2)cc1. The summed E-state index contributed by atoms with van der Waals surface area (Å²) in [6.07, 6.45) is 2.16. The van der Waals surface area contributed by atoms with Gasteiger partial charge < -0.3 is 5.32 Å². The van der Waals surface area contributed by atoms with E-state index in [-0.39, 0.29) is 6.04 Å². The molecule has 0 fully saturated rings. The first kappa shape index (κ1) is 18.0. The molecule has 3 aromatic carbocycles. The van der Waals surface area contributed by atoms with E-state index < -0.39 is 0 Å². The predicted octanol–water partition coefficient (Wildman–Crippen LogP) is 6.31. The molecule has 1 aliphatic heterocycles. The van der Waals surface area contributed by atoms with Gasteiger partial charge in [0.05, 0.1) is 0 Å². The normalized spacial score (nSPS) is 15.4. The van der Waals surface area contributed by atoms with Crippen LogP contribution < -0.4 is 5.32 Å². The minimum atomic E-state index is -0.0771. The van der Waals surface area contributed by atoms with Crippen LogP contribution in [-0.4, -0.2) is 14.8 Å². The van der Waals surface area contributed by atoms with Gasteiger partial charge in [-0.3, -0.25) is 0 Å². The van der Waals surface area contributed by atoms with Gasteiger partial charge in [-0.05, 0) is 53.6 Å². The van der Waals surface area contributed by atoms with Crippen LogP contribution in [-0.2, 0) is 0 Å². The smallest absolute Gasteiger partial charge is 0.227 e. The second-order valence-corrected chi connectivity index (χ2v) is 7.65. The van der Waals surface area contributed by atoms with Gasteiger partial charge >= 0.3 is 0 Å². The lowest BCUT2D eigenvalue weighted by Crippen LogP contribution is -2.20. The van der Waals surface area contributed by atoms with E-state index in [1.165, 1.54) is 0 Å². The van der Waals surface area contributed by atoms with Crippen molar-refractivity contribution < 1.29 is 0 Å². The molecule has 4 nitrogen and oxygen atoms in total. The number of aromatic nitrogens is 3. The fourth-order valence-electron chi connectivity index (χ4n) is 3.40. The summed E-state index contributed by atoms with van der Waals surface area (Å²) in [5, 5.41) is 9.59. The molecule has 5 rings (SSSR count). The average molecular weight is 419 g/mol. The molecule has 1 atom stereocenters. The molecule has 0 saturated carbocycles. The molecule has 0 spiro atoms. The Balaban J connectivity index is 1.61. The van der Waals surface area contributed by atoms with Crippen molar-refractivity contribution in [3.05, 3.63) is 106 Å². The number of allylic oxidation sites excluding steroid dienone is 1. The summed E-state index contributed by atoms with van der Waals surface area (Å²) in [6.45, 7) is 0. The first-order valence-electron chi connectivity index (χ1n) is 9.19. The van der Waals surface area contributed by atoms with Crippen LogP contribution in [0.1, 0.15) is 17.2 Å². The maximum absolute atomic E-state index is 6.06. The van der Waals surface area contributed by atoms with Crippen LogP contribution in [0.2, 0.25) is 10.0 Å². The number of halogens is 2. The lowest BCUT2D eigenvalue weighted by Gasteiger charge is -2.24. The first-order valence-corrected chi connectivity index (χ1v) is 9.95. The molecule has 1 N–H and O–H groups in total. The van der Waals surface area contributed by atoms with Gasteiger partial charge in [0.25, 0.3) is 0 Å². The summed E-state index contributed by atoms with van der Waals surface area (Å²) in [6, 6.07) is 25.5. The van der Waals surface area contributed by atoms with Crippen molar-refractivity contribution in [1.82, 2.24) is 14.8 Å². The van der Waals surface area contributed by atoms with Crippen LogP contribution in [0.5, 0.6) is 0 Å². The van der Waals surface area contributed by atoms with E-state index in [1.807, 2.05) is 71.4 Å². The van der Waals surface area contributed by atoms with Crippen molar-refractivity contribution in [1.29, 1.82) is 0 Å². The maximum atomic E-state index is 6.06. The van der Waals surface area contributed by atoms with Gasteiger partial charge in [0.15, 0.2) is 5.82 Å². The molecule has 6 heteroatoms. The minimum absolute atomic E-state index is 0.0771. The second kappa shape index (κ2) is 7.39. The van der Waals surface area contributed by atoms with E-state index in [0.29, 0.717) is 21.8 Å². The van der Waals surface area contributed by atoms with Crippen molar-refractivity contribution in [2.45, 2.75) is 6.04 Å². The average Bonchev–Trinajstić information content (AvgIpc) is 3.19. The largest absolute Gasteiger partial charge is 0.324 e. The van der Waals surface area contributed by atoms with E-state index in [9.17, 15) is 0 Å². The van der Waals surface area contributed by atoms with E-state index in [4.69, 9.17) is 33.3 Å². The summed E-state index contributed by atoms with van der Waals surface area (Å²) in [4.78, 5) is 4.75. The van der Waals surface area contributed by atoms with Gasteiger partial charge in [0.2, 0.25) is 5.95 Å². The summed E-state index contributed by atoms with van der Waals surface area (Å²) >= 11 is 12.1. The Kier molecular flexibility index (Phi) is 4.58. The van der Waals surface area contributed by atoms with Crippen LogP contribution in [0, 0.1) is 0 Å². The van der Waals surface area contributed by atoms with E-state index >= 15 is 0 Å². The number of nitrogens with one attached hydrogen (secondary N) is 1. The van der Waals surface area contributed by atoms with Crippen LogP contribution in [0.3, 0.4) is 0 Å². The van der Waals surface area contributed by atoms with Gasteiger partial charge in [-0.2, -0.15) is 4.98 Å². The van der Waals surface area contributed by atoms with Crippen molar-refractivity contribution in [3.63, 3.8) is 0 Å². The highest BCUT2D eigenvalue weighted by Gasteiger charge is 2.25. The third kappa shape index (κ3) is 3.53. The molecule has 0 amide bonds. The molecule has 2 heterocycles. The van der Waals surface area contributed by atoms with Gasteiger partial charge in [0, 0.05) is 21.3 Å². The molecule has 4 aromatic rings. The molecule has 1 aromatic heterocycles. The van der Waals surface area contributed by atoms with Crippen molar-refractivity contribution in [2.24, 2.45) is 0 Å². The lowest BCUT2D eigenvalue weighted by molar-refractivity contribution is 0.613. The lowest BCUT2D eigenvalue weighted by atomic mass is 10.0. The van der Waals surface area contributed by atoms with Crippen LogP contribution in [0.4, 0.5) is 5.95 Å². The number of rotatable bonds is 3. The van der Waals surface area contributed by atoms with Crippen LogP contribution in [0.25, 0.3) is 17.1 Å². The zero-order valence-corrected chi connectivity index (χ0v) is 16.8. The molecule has 0 radical (unpaired) electrons. The Morgan fingerprint density at radius 1 is 0.759 bits per heavy atom. The topological polar surface area (TPSA) is 42.7 Å². The fourth-order valence-corrected chi connectivity index (χ4v) is 3.65. The monoisotopic (exact) mass is 418 g/mol. The predicted molar refractivity (Wildman–Crippen MR) is 118 cm³/mol. The van der Waals surface area contributed by atoms with E-state index in [1.54, 1.807) is 0 Å². The Morgan fingerprint density at radius 3 is 2.03 bits per heavy atom. The van der Waals surface area contributed by atoms with E-state index in [0.717, 1.165) is 22.4 Å². The molecule has 1 aliphatic rings. The Bertz CT molecular complexity index is 1180. The van der Waals surface area contributed by atoms with Gasteiger partial charge in [-0.1, -0.05) is 65.7 Å². The standard InChI is InChI=1S/C23H16Cl2N4/c24-18-10-6-15(7-11-18)20-14-21(16-4-2-1-3-5-16)29-23(26-20)27-22(28-29)17-8-12-19(25)13-9-17/h1-14,21H,(H,26,27,28)/t21-/m0/s1. The number of anilines is 1. The Hall–Kier alpha value is -3.08. The summed E-state index contributed by atoms with van der Waals surface area (Å²) in [5.74, 6) is 1.34. The van der Waals surface area contributed by atoms with E-state index in [2.05, 4.69) is 23.5 Å². The summed E-state index contributed by atoms with van der Waals surface area (Å²) in [5.41, 5.74) is 4.06. The number of nitrogens with zero attached hydrogens (tertiary/aromatic N) is 3. The molecule has 0 bridgehead atoms. The second-order valence-electron chi connectivity index (χ2n) is 6.78. The number of hydrogen-bond donors (Lipinski definition) is 1. The minimum Gasteiger partial charge on any atom is -0.324 e. The Labute approximate surface area is 178 Å². The summed E-state index contributed by atoms with van der Waals surface area (Å²) < 4.78 is 1.92. The fraction of sp³-hybridized carbons (Fsp3) is 0.0435. The number of fused-ring (bicyclic) bond motifs is 1. The van der Waals surface area contributed by atoms with Crippen LogP contribution in [0.15, 0.2) is 84.9 Å². The molecule has 29 heavy (non-hydrogen) atoms. The molecular weight excluding hydrogens is 403 g/mol. The first-order chi connectivity index (χ1) is 14.2. The number of benzene rings is 3. The molecule has 0 aliphatic carbocycles. The van der Waals surface area contributed by atoms with Gasteiger partial charge in [-0.25, -0.2) is 4.68 Å². The molecule has 0 unspecified atom stereocenters. The number of hydrogen-bond acceptors (Lipinski definition) is 3. The van der Waals surface area contributed by atoms with Crippen molar-refractivity contribution >= 4 is 34.8 Å². The Morgan fingerprint density at radius 2 is 1.38 bits per heavy atom. The highest BCUT2D eigenvalue weighted by molar-refractivity contribution is 6.30. The zero-order valence-electron chi connectivity index (χ0n) is 15.3. The van der Waals surface area contributed by atoms with Crippen molar-refractivity contribution in [2.75, 3.05) is 5.32 Å². The van der Waals surface area contributed by atoms with Crippen molar-refractivity contribution in [3.8, 4) is 11.4 Å². The summed E-state index contributed by atoms with van der Waals surface area (Å²) in [7, 11) is 0. The molecule has 0 saturated heterocycles. The van der Waals surface area contributed by atoms with Crippen LogP contribution >= 0.6 is 23.2 Å². The van der Waals surface area contributed by atoms with Gasteiger partial charge in [-0.15, -0.1) is 5.10 Å². The highest BCUT2D eigenvalue weighted by Crippen LogP contribution is 2.34. The quantitative estimate of drug-likeness (QED) is 0.423. The molecular formula is C23H16Cl2N4. The zero-order chi connectivity index (χ0) is 19.8.